The summed E-state index contributed by atoms with van der Waals surface area (Å²) in [6, 6.07) is 10.7. The second kappa shape index (κ2) is 6.74. The van der Waals surface area contributed by atoms with Gasteiger partial charge in [-0.25, -0.2) is 0 Å². The first-order valence-electron chi connectivity index (χ1n) is 7.33. The molecule has 0 saturated heterocycles. The summed E-state index contributed by atoms with van der Waals surface area (Å²) in [5.74, 6) is 0.256. The van der Waals surface area contributed by atoms with E-state index in [2.05, 4.69) is 84.7 Å². The van der Waals surface area contributed by atoms with E-state index in [9.17, 15) is 0 Å². The summed E-state index contributed by atoms with van der Waals surface area (Å²) < 4.78 is 0. The Morgan fingerprint density at radius 1 is 0.810 bits per heavy atom. The van der Waals surface area contributed by atoms with Gasteiger partial charge in [0.2, 0.25) is 0 Å². The van der Waals surface area contributed by atoms with Gasteiger partial charge in [0.05, 0.1) is 0 Å². The third-order valence-corrected chi connectivity index (χ3v) is 3.66. The van der Waals surface area contributed by atoms with Gasteiger partial charge >= 0.3 is 0 Å². The second-order valence-electron chi connectivity index (χ2n) is 5.10. The summed E-state index contributed by atoms with van der Waals surface area (Å²) in [6.07, 6.45) is 22.3. The molecule has 0 nitrogen and oxygen atoms in total. The van der Waals surface area contributed by atoms with E-state index in [1.165, 1.54) is 16.7 Å². The van der Waals surface area contributed by atoms with Crippen molar-refractivity contribution in [3.63, 3.8) is 0 Å². The van der Waals surface area contributed by atoms with Crippen LogP contribution in [-0.2, 0) is 0 Å². The van der Waals surface area contributed by atoms with Crippen LogP contribution >= 0.6 is 0 Å². The average molecular weight is 270 g/mol. The van der Waals surface area contributed by atoms with Crippen molar-refractivity contribution in [1.82, 2.24) is 0 Å². The number of rotatable bonds is 3. The Morgan fingerprint density at radius 2 is 1.67 bits per heavy atom. The Hall–Kier alpha value is -2.56. The number of benzene rings is 1. The second-order valence-corrected chi connectivity index (χ2v) is 5.10. The molecule has 0 heteroatoms. The summed E-state index contributed by atoms with van der Waals surface area (Å²) in [5, 5.41) is 0. The van der Waals surface area contributed by atoms with Crippen molar-refractivity contribution in [3.05, 3.63) is 114 Å². The van der Waals surface area contributed by atoms with Crippen LogP contribution in [-0.4, -0.2) is 0 Å². The van der Waals surface area contributed by atoms with Gasteiger partial charge in [0.15, 0.2) is 0 Å². The molecule has 0 spiro atoms. The van der Waals surface area contributed by atoms with Gasteiger partial charge in [-0.15, -0.1) is 5.73 Å². The van der Waals surface area contributed by atoms with Crippen molar-refractivity contribution in [2.75, 3.05) is 0 Å². The Kier molecular flexibility index (Phi) is 4.31. The van der Waals surface area contributed by atoms with Crippen LogP contribution in [0.5, 0.6) is 0 Å². The van der Waals surface area contributed by atoms with Gasteiger partial charge in [-0.1, -0.05) is 78.9 Å². The Bertz CT molecular complexity index is 698. The summed E-state index contributed by atoms with van der Waals surface area (Å²) in [5.41, 5.74) is 7.06. The molecule has 1 aromatic rings. The standard InChI is InChI=1S/C21H18/c1-2-7-13-18(12-6-1)21(20-16-10-5-11-17-20)19-14-8-3-4-9-15-19/h1,3,5-17,21H,2H2. The quantitative estimate of drug-likeness (QED) is 0.643. The van der Waals surface area contributed by atoms with Gasteiger partial charge in [-0.05, 0) is 35.3 Å². The lowest BCUT2D eigenvalue weighted by Gasteiger charge is -2.20. The SMILES string of the molecule is C1=CC=CC(C(C2=CC=CCC=C2)c2ccccc2)=CC=1. The molecule has 21 heavy (non-hydrogen) atoms. The van der Waals surface area contributed by atoms with Crippen molar-refractivity contribution in [3.8, 4) is 0 Å². The van der Waals surface area contributed by atoms with Crippen LogP contribution in [0.2, 0.25) is 0 Å². The van der Waals surface area contributed by atoms with Crippen LogP contribution in [0.3, 0.4) is 0 Å². The maximum atomic E-state index is 3.13. The topological polar surface area (TPSA) is 0 Å². The molecule has 1 unspecified atom stereocenters. The molecular formula is C21H18. The first-order chi connectivity index (χ1) is 10.4. The van der Waals surface area contributed by atoms with Crippen molar-refractivity contribution in [1.29, 1.82) is 0 Å². The fraction of sp³-hybridized carbons (Fsp3) is 0.0952. The summed E-state index contributed by atoms with van der Waals surface area (Å²) >= 11 is 0. The lowest BCUT2D eigenvalue weighted by atomic mass is 9.83. The van der Waals surface area contributed by atoms with Gasteiger partial charge in [-0.3, -0.25) is 0 Å². The fourth-order valence-corrected chi connectivity index (χ4v) is 2.67. The molecule has 0 radical (unpaired) electrons. The minimum Gasteiger partial charge on any atom is -0.121 e. The maximum absolute atomic E-state index is 3.13. The van der Waals surface area contributed by atoms with Crippen LogP contribution in [0, 0.1) is 0 Å². The van der Waals surface area contributed by atoms with Crippen molar-refractivity contribution >= 4 is 0 Å². The van der Waals surface area contributed by atoms with E-state index in [-0.39, 0.29) is 5.92 Å². The van der Waals surface area contributed by atoms with Crippen LogP contribution in [0.4, 0.5) is 0 Å². The molecule has 0 saturated carbocycles. The molecule has 1 aromatic carbocycles. The number of hydrogen-bond donors (Lipinski definition) is 0. The molecule has 0 N–H and O–H groups in total. The zero-order valence-corrected chi connectivity index (χ0v) is 11.9. The molecule has 0 heterocycles. The van der Waals surface area contributed by atoms with Gasteiger partial charge in [0.1, 0.15) is 0 Å². The summed E-state index contributed by atoms with van der Waals surface area (Å²) in [6.45, 7) is 0. The summed E-state index contributed by atoms with van der Waals surface area (Å²) in [7, 11) is 0. The zero-order valence-electron chi connectivity index (χ0n) is 11.9. The molecule has 0 fully saturated rings. The smallest absolute Gasteiger partial charge is 0.0340 e. The lowest BCUT2D eigenvalue weighted by Crippen LogP contribution is -2.04. The van der Waals surface area contributed by atoms with Crippen LogP contribution in [0.15, 0.2) is 108 Å². The van der Waals surface area contributed by atoms with E-state index in [1.54, 1.807) is 0 Å². The largest absolute Gasteiger partial charge is 0.121 e. The van der Waals surface area contributed by atoms with Crippen LogP contribution in [0.25, 0.3) is 0 Å². The molecule has 102 valence electrons. The van der Waals surface area contributed by atoms with E-state index < -0.39 is 0 Å². The molecule has 2 aliphatic carbocycles. The molecule has 1 atom stereocenters. The highest BCUT2D eigenvalue weighted by Crippen LogP contribution is 2.34. The monoisotopic (exact) mass is 270 g/mol. The van der Waals surface area contributed by atoms with E-state index >= 15 is 0 Å². The predicted molar refractivity (Wildman–Crippen MR) is 90.0 cm³/mol. The third-order valence-electron chi connectivity index (χ3n) is 3.66. The van der Waals surface area contributed by atoms with E-state index in [0.717, 1.165) is 6.42 Å². The molecule has 0 amide bonds. The normalized spacial score (nSPS) is 17.9. The van der Waals surface area contributed by atoms with Crippen molar-refractivity contribution in [2.24, 2.45) is 0 Å². The molecule has 2 aliphatic rings. The van der Waals surface area contributed by atoms with E-state index in [1.807, 2.05) is 12.2 Å². The Morgan fingerprint density at radius 3 is 2.57 bits per heavy atom. The van der Waals surface area contributed by atoms with Crippen LogP contribution in [0.1, 0.15) is 17.9 Å². The molecule has 0 aromatic heterocycles. The highest BCUT2D eigenvalue weighted by molar-refractivity contribution is 5.50. The van der Waals surface area contributed by atoms with Crippen molar-refractivity contribution in [2.45, 2.75) is 12.3 Å². The predicted octanol–water partition coefficient (Wildman–Crippen LogP) is 5.42. The Balaban J connectivity index is 2.07. The van der Waals surface area contributed by atoms with Gasteiger partial charge in [0, 0.05) is 5.92 Å². The lowest BCUT2D eigenvalue weighted by molar-refractivity contribution is 0.977. The average Bonchev–Trinajstić information content (AvgIpc) is 2.94. The maximum Gasteiger partial charge on any atom is 0.0340 e. The molecule has 3 rings (SSSR count). The van der Waals surface area contributed by atoms with E-state index in [0.29, 0.717) is 0 Å². The minimum absolute atomic E-state index is 0.256. The van der Waals surface area contributed by atoms with Gasteiger partial charge in [-0.2, -0.15) is 0 Å². The minimum atomic E-state index is 0.256. The first-order valence-corrected chi connectivity index (χ1v) is 7.33. The Labute approximate surface area is 126 Å². The van der Waals surface area contributed by atoms with Gasteiger partial charge in [0.25, 0.3) is 0 Å². The highest BCUT2D eigenvalue weighted by Gasteiger charge is 2.18. The highest BCUT2D eigenvalue weighted by atomic mass is 14.2. The van der Waals surface area contributed by atoms with Crippen molar-refractivity contribution < 1.29 is 0 Å². The first kappa shape index (κ1) is 13.4. The van der Waals surface area contributed by atoms with Crippen LogP contribution < -0.4 is 0 Å². The number of allylic oxidation sites excluding steroid dienone is 11. The summed E-state index contributed by atoms with van der Waals surface area (Å²) in [4.78, 5) is 0. The molecule has 0 aliphatic heterocycles. The van der Waals surface area contributed by atoms with E-state index in [4.69, 9.17) is 0 Å². The van der Waals surface area contributed by atoms with Gasteiger partial charge < -0.3 is 0 Å². The number of hydrogen-bond acceptors (Lipinski definition) is 0. The third kappa shape index (κ3) is 3.31. The molecule has 0 bridgehead atoms. The zero-order chi connectivity index (χ0) is 14.3. The fourth-order valence-electron chi connectivity index (χ4n) is 2.67. The molecular weight excluding hydrogens is 252 g/mol.